The lowest BCUT2D eigenvalue weighted by molar-refractivity contribution is 0.0768. The number of aromatic amines is 1. The smallest absolute Gasteiger partial charge is 0.270 e. The number of hydrogen-bond donors (Lipinski definition) is 2. The second-order valence-corrected chi connectivity index (χ2v) is 4.94. The van der Waals surface area contributed by atoms with Crippen LogP contribution in [0.3, 0.4) is 0 Å². The summed E-state index contributed by atoms with van der Waals surface area (Å²) in [5.74, 6) is 0.00469. The highest BCUT2D eigenvalue weighted by atomic mass is 16.2. The summed E-state index contributed by atoms with van der Waals surface area (Å²) in [5, 5.41) is 0. The lowest BCUT2D eigenvalue weighted by Crippen LogP contribution is -2.34. The molecule has 0 saturated heterocycles. The molecule has 3 rings (SSSR count). The molecule has 1 amide bonds. The van der Waals surface area contributed by atoms with Crippen molar-refractivity contribution < 1.29 is 4.79 Å². The van der Waals surface area contributed by atoms with Gasteiger partial charge in [0.15, 0.2) is 0 Å². The van der Waals surface area contributed by atoms with Crippen LogP contribution in [0.1, 0.15) is 22.5 Å². The van der Waals surface area contributed by atoms with Crippen molar-refractivity contribution in [2.75, 3.05) is 18.8 Å². The molecular weight excluding hydrogens is 250 g/mol. The van der Waals surface area contributed by atoms with E-state index in [1.807, 2.05) is 23.1 Å². The third kappa shape index (κ3) is 2.45. The Hall–Kier alpha value is -2.49. The predicted molar refractivity (Wildman–Crippen MR) is 80.1 cm³/mol. The van der Waals surface area contributed by atoms with Gasteiger partial charge < -0.3 is 15.6 Å². The molecule has 4 nitrogen and oxygen atoms in total. The van der Waals surface area contributed by atoms with Crippen molar-refractivity contribution in [1.82, 2.24) is 9.88 Å². The van der Waals surface area contributed by atoms with Crippen LogP contribution < -0.4 is 5.73 Å². The Bertz CT molecular complexity index is 643. The van der Waals surface area contributed by atoms with Gasteiger partial charge in [-0.05, 0) is 23.6 Å². The van der Waals surface area contributed by atoms with Crippen LogP contribution in [0.2, 0.25) is 0 Å². The van der Waals surface area contributed by atoms with E-state index in [-0.39, 0.29) is 5.91 Å². The second-order valence-electron chi connectivity index (χ2n) is 4.94. The van der Waals surface area contributed by atoms with Gasteiger partial charge in [-0.3, -0.25) is 4.79 Å². The van der Waals surface area contributed by atoms with Gasteiger partial charge in [0, 0.05) is 25.0 Å². The number of H-pyrrole nitrogens is 1. The summed E-state index contributed by atoms with van der Waals surface area (Å²) in [7, 11) is 0. The summed E-state index contributed by atoms with van der Waals surface area (Å²) >= 11 is 0. The zero-order valence-electron chi connectivity index (χ0n) is 11.2. The number of carbonyl (C=O) groups excluding carboxylic acids is 1. The molecule has 0 bridgehead atoms. The van der Waals surface area contributed by atoms with Crippen LogP contribution in [0.25, 0.3) is 5.57 Å². The number of nitrogens with one attached hydrogen (secondary N) is 1. The maximum absolute atomic E-state index is 12.3. The van der Waals surface area contributed by atoms with Crippen molar-refractivity contribution in [3.63, 3.8) is 0 Å². The largest absolute Gasteiger partial charge is 0.397 e. The fourth-order valence-electron chi connectivity index (χ4n) is 2.47. The topological polar surface area (TPSA) is 62.1 Å². The molecule has 0 spiro atoms. The average Bonchev–Trinajstić information content (AvgIpc) is 2.94. The quantitative estimate of drug-likeness (QED) is 0.878. The average molecular weight is 267 g/mol. The third-order valence-corrected chi connectivity index (χ3v) is 3.58. The standard InChI is InChI=1S/C16H17N3O/c17-14-10-15(18-11-14)16(20)19-8-6-13(7-9-19)12-4-2-1-3-5-12/h1-6,10-11,18H,7-9,17H2. The molecule has 20 heavy (non-hydrogen) atoms. The minimum Gasteiger partial charge on any atom is -0.397 e. The molecule has 0 atom stereocenters. The summed E-state index contributed by atoms with van der Waals surface area (Å²) in [6, 6.07) is 12.0. The first-order chi connectivity index (χ1) is 9.74. The van der Waals surface area contributed by atoms with Crippen molar-refractivity contribution in [1.29, 1.82) is 0 Å². The number of anilines is 1. The molecule has 3 N–H and O–H groups in total. The van der Waals surface area contributed by atoms with Crippen LogP contribution in [-0.4, -0.2) is 28.9 Å². The molecule has 1 aromatic heterocycles. The minimum atomic E-state index is 0.00469. The Morgan fingerprint density at radius 2 is 2.05 bits per heavy atom. The number of aromatic nitrogens is 1. The first-order valence-electron chi connectivity index (χ1n) is 6.71. The van der Waals surface area contributed by atoms with Gasteiger partial charge in [-0.1, -0.05) is 36.4 Å². The Labute approximate surface area is 117 Å². The number of carbonyl (C=O) groups is 1. The van der Waals surface area contributed by atoms with Crippen LogP contribution in [0.5, 0.6) is 0 Å². The van der Waals surface area contributed by atoms with Crippen LogP contribution in [0.15, 0.2) is 48.7 Å². The number of nitrogen functional groups attached to an aromatic ring is 1. The minimum absolute atomic E-state index is 0.00469. The zero-order valence-corrected chi connectivity index (χ0v) is 11.2. The van der Waals surface area contributed by atoms with E-state index >= 15 is 0 Å². The third-order valence-electron chi connectivity index (χ3n) is 3.58. The van der Waals surface area contributed by atoms with Gasteiger partial charge in [0.25, 0.3) is 5.91 Å². The Balaban J connectivity index is 1.72. The van der Waals surface area contributed by atoms with Gasteiger partial charge in [-0.2, -0.15) is 0 Å². The molecule has 102 valence electrons. The highest BCUT2D eigenvalue weighted by Crippen LogP contribution is 2.22. The van der Waals surface area contributed by atoms with E-state index in [0.29, 0.717) is 17.9 Å². The van der Waals surface area contributed by atoms with E-state index in [4.69, 9.17) is 5.73 Å². The fourth-order valence-corrected chi connectivity index (χ4v) is 2.47. The number of hydrogen-bond acceptors (Lipinski definition) is 2. The molecular formula is C16H17N3O. The number of nitrogens with zero attached hydrogens (tertiary/aromatic N) is 1. The molecule has 0 radical (unpaired) electrons. The zero-order chi connectivity index (χ0) is 13.9. The summed E-state index contributed by atoms with van der Waals surface area (Å²) in [6.07, 6.45) is 4.65. The monoisotopic (exact) mass is 267 g/mol. The summed E-state index contributed by atoms with van der Waals surface area (Å²) < 4.78 is 0. The number of amides is 1. The van der Waals surface area contributed by atoms with Crippen molar-refractivity contribution in [2.24, 2.45) is 0 Å². The van der Waals surface area contributed by atoms with Gasteiger partial charge >= 0.3 is 0 Å². The van der Waals surface area contributed by atoms with Crippen LogP contribution in [0, 0.1) is 0 Å². The van der Waals surface area contributed by atoms with E-state index in [1.54, 1.807) is 12.3 Å². The highest BCUT2D eigenvalue weighted by Gasteiger charge is 2.20. The second kappa shape index (κ2) is 5.25. The van der Waals surface area contributed by atoms with Crippen molar-refractivity contribution in [2.45, 2.75) is 6.42 Å². The van der Waals surface area contributed by atoms with E-state index < -0.39 is 0 Å². The summed E-state index contributed by atoms with van der Waals surface area (Å²) in [5.41, 5.74) is 9.32. The highest BCUT2D eigenvalue weighted by molar-refractivity contribution is 5.94. The number of rotatable bonds is 2. The summed E-state index contributed by atoms with van der Waals surface area (Å²) in [6.45, 7) is 1.38. The van der Waals surface area contributed by atoms with Gasteiger partial charge in [0.1, 0.15) is 5.69 Å². The van der Waals surface area contributed by atoms with Gasteiger partial charge in [-0.15, -0.1) is 0 Å². The van der Waals surface area contributed by atoms with Crippen LogP contribution in [-0.2, 0) is 0 Å². The lowest BCUT2D eigenvalue weighted by Gasteiger charge is -2.26. The molecule has 0 aliphatic carbocycles. The maximum atomic E-state index is 12.3. The molecule has 1 aromatic carbocycles. The SMILES string of the molecule is Nc1c[nH]c(C(=O)N2CC=C(c3ccccc3)CC2)c1. The molecule has 1 aliphatic heterocycles. The molecule has 2 aromatic rings. The number of benzene rings is 1. The van der Waals surface area contributed by atoms with E-state index in [9.17, 15) is 4.79 Å². The Kier molecular flexibility index (Phi) is 3.29. The van der Waals surface area contributed by atoms with Crippen molar-refractivity contribution >= 4 is 17.2 Å². The Morgan fingerprint density at radius 3 is 2.65 bits per heavy atom. The number of nitrogens with two attached hydrogens (primary N) is 1. The summed E-state index contributed by atoms with van der Waals surface area (Å²) in [4.78, 5) is 17.0. The van der Waals surface area contributed by atoms with E-state index in [0.717, 1.165) is 13.0 Å². The maximum Gasteiger partial charge on any atom is 0.270 e. The predicted octanol–water partition coefficient (Wildman–Crippen LogP) is 2.53. The molecule has 0 saturated carbocycles. The molecule has 0 unspecified atom stereocenters. The van der Waals surface area contributed by atoms with Gasteiger partial charge in [0.2, 0.25) is 0 Å². The molecule has 2 heterocycles. The van der Waals surface area contributed by atoms with E-state index in [1.165, 1.54) is 11.1 Å². The van der Waals surface area contributed by atoms with Crippen molar-refractivity contribution in [3.8, 4) is 0 Å². The molecule has 4 heteroatoms. The first-order valence-corrected chi connectivity index (χ1v) is 6.71. The van der Waals surface area contributed by atoms with Gasteiger partial charge in [0.05, 0.1) is 0 Å². The Morgan fingerprint density at radius 1 is 1.25 bits per heavy atom. The van der Waals surface area contributed by atoms with Crippen LogP contribution >= 0.6 is 0 Å². The normalized spacial score (nSPS) is 15.0. The van der Waals surface area contributed by atoms with Crippen molar-refractivity contribution in [3.05, 3.63) is 59.9 Å². The molecule has 1 aliphatic rings. The van der Waals surface area contributed by atoms with Gasteiger partial charge in [-0.25, -0.2) is 0 Å². The van der Waals surface area contributed by atoms with E-state index in [2.05, 4.69) is 23.2 Å². The van der Waals surface area contributed by atoms with Crippen LogP contribution in [0.4, 0.5) is 5.69 Å². The fraction of sp³-hybridized carbons (Fsp3) is 0.188. The molecule has 0 fully saturated rings. The first kappa shape index (κ1) is 12.5. The lowest BCUT2D eigenvalue weighted by atomic mass is 9.99.